The van der Waals surface area contributed by atoms with Gasteiger partial charge in [-0.25, -0.2) is 4.79 Å². The normalized spacial score (nSPS) is 11.6. The van der Waals surface area contributed by atoms with E-state index in [0.717, 1.165) is 33.3 Å². The maximum atomic E-state index is 12.7. The molecular formula is C25H23N3O2. The van der Waals surface area contributed by atoms with Crippen molar-refractivity contribution in [2.24, 2.45) is 0 Å². The van der Waals surface area contributed by atoms with Crippen LogP contribution in [-0.4, -0.2) is 18.1 Å². The summed E-state index contributed by atoms with van der Waals surface area (Å²) in [6.45, 7) is 0.428. The monoisotopic (exact) mass is 397 g/mol. The molecule has 0 saturated heterocycles. The smallest absolute Gasteiger partial charge is 0.315 e. The summed E-state index contributed by atoms with van der Waals surface area (Å²) in [5, 5.41) is 8.20. The minimum Gasteiger partial charge on any atom is -0.497 e. The van der Waals surface area contributed by atoms with Crippen LogP contribution in [0.2, 0.25) is 0 Å². The van der Waals surface area contributed by atoms with Gasteiger partial charge in [0.2, 0.25) is 0 Å². The first kappa shape index (κ1) is 19.5. The van der Waals surface area contributed by atoms with Crippen LogP contribution in [0.25, 0.3) is 10.8 Å². The SMILES string of the molecule is COc1ccc2cc(CNC(=O)NC(c3ccccc3)c3ccccn3)ccc2c1. The third-order valence-electron chi connectivity index (χ3n) is 4.96. The van der Waals surface area contributed by atoms with Crippen molar-refractivity contribution in [1.82, 2.24) is 15.6 Å². The molecule has 0 aliphatic rings. The molecule has 0 saturated carbocycles. The maximum absolute atomic E-state index is 12.7. The minimum absolute atomic E-state index is 0.246. The number of urea groups is 1. The van der Waals surface area contributed by atoms with E-state index >= 15 is 0 Å². The zero-order valence-electron chi connectivity index (χ0n) is 16.7. The fraction of sp³-hybridized carbons (Fsp3) is 0.120. The van der Waals surface area contributed by atoms with Crippen LogP contribution in [0.5, 0.6) is 5.75 Å². The molecule has 1 heterocycles. The Balaban J connectivity index is 1.45. The highest BCUT2D eigenvalue weighted by atomic mass is 16.5. The molecule has 3 aromatic carbocycles. The predicted molar refractivity (Wildman–Crippen MR) is 118 cm³/mol. The number of amides is 2. The average Bonchev–Trinajstić information content (AvgIpc) is 2.82. The summed E-state index contributed by atoms with van der Waals surface area (Å²) in [6, 6.07) is 27.0. The fourth-order valence-corrected chi connectivity index (χ4v) is 3.39. The molecule has 0 radical (unpaired) electrons. The van der Waals surface area contributed by atoms with Gasteiger partial charge in [-0.15, -0.1) is 0 Å². The van der Waals surface area contributed by atoms with Gasteiger partial charge in [-0.3, -0.25) is 4.98 Å². The molecule has 30 heavy (non-hydrogen) atoms. The van der Waals surface area contributed by atoms with E-state index in [-0.39, 0.29) is 12.1 Å². The Morgan fingerprint density at radius 2 is 1.70 bits per heavy atom. The van der Waals surface area contributed by atoms with Crippen molar-refractivity contribution in [2.45, 2.75) is 12.6 Å². The Hall–Kier alpha value is -3.86. The Kier molecular flexibility index (Phi) is 5.90. The van der Waals surface area contributed by atoms with Gasteiger partial charge < -0.3 is 15.4 Å². The van der Waals surface area contributed by atoms with Gasteiger partial charge in [0.15, 0.2) is 0 Å². The average molecular weight is 397 g/mol. The molecule has 0 aliphatic heterocycles. The molecule has 0 fully saturated rings. The molecule has 2 N–H and O–H groups in total. The first-order valence-electron chi connectivity index (χ1n) is 9.80. The third-order valence-corrected chi connectivity index (χ3v) is 4.96. The van der Waals surface area contributed by atoms with E-state index in [1.54, 1.807) is 13.3 Å². The molecule has 5 heteroatoms. The number of aromatic nitrogens is 1. The quantitative estimate of drug-likeness (QED) is 0.490. The van der Waals surface area contributed by atoms with Crippen LogP contribution in [0.15, 0.2) is 91.1 Å². The first-order chi connectivity index (χ1) is 14.7. The number of benzene rings is 3. The molecule has 0 bridgehead atoms. The lowest BCUT2D eigenvalue weighted by Crippen LogP contribution is -2.38. The van der Waals surface area contributed by atoms with Gasteiger partial charge in [0.25, 0.3) is 0 Å². The minimum atomic E-state index is -0.323. The number of methoxy groups -OCH3 is 1. The van der Waals surface area contributed by atoms with E-state index in [9.17, 15) is 4.79 Å². The third kappa shape index (κ3) is 4.58. The highest BCUT2D eigenvalue weighted by Gasteiger charge is 2.17. The molecule has 0 aliphatic carbocycles. The van der Waals surface area contributed by atoms with Crippen molar-refractivity contribution < 1.29 is 9.53 Å². The lowest BCUT2D eigenvalue weighted by Gasteiger charge is -2.19. The van der Waals surface area contributed by atoms with Gasteiger partial charge in [0.1, 0.15) is 5.75 Å². The molecule has 0 spiro atoms. The number of hydrogen-bond acceptors (Lipinski definition) is 3. The van der Waals surface area contributed by atoms with Crippen molar-refractivity contribution in [3.63, 3.8) is 0 Å². The number of nitrogens with zero attached hydrogens (tertiary/aromatic N) is 1. The number of rotatable bonds is 6. The van der Waals surface area contributed by atoms with Crippen LogP contribution in [-0.2, 0) is 6.54 Å². The first-order valence-corrected chi connectivity index (χ1v) is 9.80. The second kappa shape index (κ2) is 9.09. The number of pyridine rings is 1. The summed E-state index contributed by atoms with van der Waals surface area (Å²) in [5.74, 6) is 0.828. The van der Waals surface area contributed by atoms with Crippen LogP contribution in [0.4, 0.5) is 4.79 Å². The van der Waals surface area contributed by atoms with Gasteiger partial charge in [-0.1, -0.05) is 54.6 Å². The second-order valence-corrected chi connectivity index (χ2v) is 6.97. The highest BCUT2D eigenvalue weighted by molar-refractivity contribution is 5.84. The number of ether oxygens (including phenoxy) is 1. The van der Waals surface area contributed by atoms with Crippen LogP contribution in [0.1, 0.15) is 22.9 Å². The summed E-state index contributed by atoms with van der Waals surface area (Å²) in [6.07, 6.45) is 1.73. The summed E-state index contributed by atoms with van der Waals surface area (Å²) in [4.78, 5) is 17.1. The van der Waals surface area contributed by atoms with Gasteiger partial charge in [-0.05, 0) is 52.2 Å². The highest BCUT2D eigenvalue weighted by Crippen LogP contribution is 2.22. The summed E-state index contributed by atoms with van der Waals surface area (Å²) < 4.78 is 5.27. The van der Waals surface area contributed by atoms with Gasteiger partial charge in [0, 0.05) is 12.7 Å². The Bertz CT molecular complexity index is 1090. The van der Waals surface area contributed by atoms with Crippen LogP contribution in [0, 0.1) is 0 Å². The molecule has 4 rings (SSSR count). The second-order valence-electron chi connectivity index (χ2n) is 6.97. The number of nitrogens with one attached hydrogen (secondary N) is 2. The number of hydrogen-bond donors (Lipinski definition) is 2. The molecule has 1 unspecified atom stereocenters. The van der Waals surface area contributed by atoms with E-state index < -0.39 is 0 Å². The Morgan fingerprint density at radius 3 is 2.47 bits per heavy atom. The molecule has 2 amide bonds. The zero-order chi connectivity index (χ0) is 20.8. The van der Waals surface area contributed by atoms with Crippen LogP contribution < -0.4 is 15.4 Å². The Labute approximate surface area is 175 Å². The fourth-order valence-electron chi connectivity index (χ4n) is 3.39. The Morgan fingerprint density at radius 1 is 0.933 bits per heavy atom. The van der Waals surface area contributed by atoms with Crippen molar-refractivity contribution in [3.8, 4) is 5.75 Å². The number of carbonyl (C=O) groups is 1. The van der Waals surface area contributed by atoms with E-state index in [1.807, 2.05) is 78.9 Å². The summed E-state index contributed by atoms with van der Waals surface area (Å²) in [5.41, 5.74) is 2.79. The van der Waals surface area contributed by atoms with E-state index in [0.29, 0.717) is 6.54 Å². The zero-order valence-corrected chi connectivity index (χ0v) is 16.7. The van der Waals surface area contributed by atoms with E-state index in [2.05, 4.69) is 21.7 Å². The van der Waals surface area contributed by atoms with Gasteiger partial charge in [-0.2, -0.15) is 0 Å². The molecule has 1 atom stereocenters. The molecule has 5 nitrogen and oxygen atoms in total. The van der Waals surface area contributed by atoms with Crippen LogP contribution in [0.3, 0.4) is 0 Å². The maximum Gasteiger partial charge on any atom is 0.315 e. The molecule has 4 aromatic rings. The lowest BCUT2D eigenvalue weighted by molar-refractivity contribution is 0.238. The van der Waals surface area contributed by atoms with E-state index in [4.69, 9.17) is 4.74 Å². The van der Waals surface area contributed by atoms with Gasteiger partial charge in [0.05, 0.1) is 18.8 Å². The largest absolute Gasteiger partial charge is 0.497 e. The summed E-state index contributed by atoms with van der Waals surface area (Å²) >= 11 is 0. The van der Waals surface area contributed by atoms with Crippen molar-refractivity contribution in [3.05, 3.63) is 108 Å². The van der Waals surface area contributed by atoms with Crippen molar-refractivity contribution in [2.75, 3.05) is 7.11 Å². The van der Waals surface area contributed by atoms with Crippen molar-refractivity contribution in [1.29, 1.82) is 0 Å². The topological polar surface area (TPSA) is 63.2 Å². The number of carbonyl (C=O) groups excluding carboxylic acids is 1. The van der Waals surface area contributed by atoms with Gasteiger partial charge >= 0.3 is 6.03 Å². The standard InChI is InChI=1S/C25H23N3O2/c1-30-22-13-12-20-15-18(10-11-21(20)16-22)17-27-25(29)28-24(19-7-3-2-4-8-19)23-9-5-6-14-26-23/h2-16,24H,17H2,1H3,(H2,27,28,29). The number of fused-ring (bicyclic) bond motifs is 1. The lowest BCUT2D eigenvalue weighted by atomic mass is 10.0. The van der Waals surface area contributed by atoms with E-state index in [1.165, 1.54) is 0 Å². The molecule has 150 valence electrons. The van der Waals surface area contributed by atoms with Crippen LogP contribution >= 0.6 is 0 Å². The summed E-state index contributed by atoms with van der Waals surface area (Å²) in [7, 11) is 1.66. The van der Waals surface area contributed by atoms with Crippen molar-refractivity contribution >= 4 is 16.8 Å². The molecule has 1 aromatic heterocycles. The predicted octanol–water partition coefficient (Wildman–Crippen LogP) is 4.83. The molecular weight excluding hydrogens is 374 g/mol.